The Morgan fingerprint density at radius 1 is 1.33 bits per heavy atom. The molecule has 0 saturated carbocycles. The highest BCUT2D eigenvalue weighted by molar-refractivity contribution is 7.93. The molecule has 0 aliphatic heterocycles. The van der Waals surface area contributed by atoms with Gasteiger partial charge in [-0.2, -0.15) is 0 Å². The Morgan fingerprint density at radius 2 is 2.08 bits per heavy atom. The fourth-order valence-corrected chi connectivity index (χ4v) is 1.72. The van der Waals surface area contributed by atoms with E-state index in [4.69, 9.17) is 0 Å². The van der Waals surface area contributed by atoms with Crippen molar-refractivity contribution in [1.29, 1.82) is 0 Å². The standard InChI is InChI=1S/C8H11NO2S/c1-9-12(10,11)8-6-4-2-3-5-7-8/h2-6,9H,7H2,1H3. The number of sulfonamides is 1. The summed E-state index contributed by atoms with van der Waals surface area (Å²) in [7, 11) is -1.82. The molecule has 3 nitrogen and oxygen atoms in total. The molecule has 1 aliphatic rings. The van der Waals surface area contributed by atoms with E-state index in [1.165, 1.54) is 7.05 Å². The molecule has 0 radical (unpaired) electrons. The largest absolute Gasteiger partial charge is 0.236 e. The van der Waals surface area contributed by atoms with Crippen LogP contribution in [0.1, 0.15) is 6.42 Å². The van der Waals surface area contributed by atoms with Crippen molar-refractivity contribution in [3.63, 3.8) is 0 Å². The molecule has 0 unspecified atom stereocenters. The van der Waals surface area contributed by atoms with Gasteiger partial charge in [0, 0.05) is 6.42 Å². The van der Waals surface area contributed by atoms with E-state index in [0.29, 0.717) is 11.3 Å². The Bertz CT molecular complexity index is 336. The molecular formula is C8H11NO2S. The van der Waals surface area contributed by atoms with Gasteiger partial charge in [-0.3, -0.25) is 0 Å². The Hall–Kier alpha value is -0.870. The predicted molar refractivity (Wildman–Crippen MR) is 49.0 cm³/mol. The van der Waals surface area contributed by atoms with Crippen LogP contribution in [-0.2, 0) is 10.0 Å². The predicted octanol–water partition coefficient (Wildman–Crippen LogP) is 0.936. The average molecular weight is 185 g/mol. The molecule has 1 rings (SSSR count). The van der Waals surface area contributed by atoms with E-state index < -0.39 is 10.0 Å². The van der Waals surface area contributed by atoms with E-state index in [2.05, 4.69) is 4.72 Å². The van der Waals surface area contributed by atoms with Crippen LogP contribution in [0.3, 0.4) is 0 Å². The summed E-state index contributed by atoms with van der Waals surface area (Å²) in [5.41, 5.74) is 0. The summed E-state index contributed by atoms with van der Waals surface area (Å²) in [6.45, 7) is 0. The second-order valence-corrected chi connectivity index (χ2v) is 4.30. The Morgan fingerprint density at radius 3 is 2.75 bits per heavy atom. The smallest absolute Gasteiger partial charge is 0.215 e. The summed E-state index contributed by atoms with van der Waals surface area (Å²) in [6.07, 6.45) is 9.22. The fraction of sp³-hybridized carbons (Fsp3) is 0.250. The molecule has 66 valence electrons. The minimum atomic E-state index is -3.24. The first-order chi connectivity index (χ1) is 5.67. The summed E-state index contributed by atoms with van der Waals surface area (Å²) < 4.78 is 24.8. The lowest BCUT2D eigenvalue weighted by Crippen LogP contribution is -2.20. The zero-order valence-corrected chi connectivity index (χ0v) is 7.64. The molecule has 0 fully saturated rings. The summed E-state index contributed by atoms with van der Waals surface area (Å²) >= 11 is 0. The van der Waals surface area contributed by atoms with Crippen LogP contribution in [0.4, 0.5) is 0 Å². The van der Waals surface area contributed by atoms with Crippen LogP contribution in [0.15, 0.2) is 35.3 Å². The van der Waals surface area contributed by atoms with Crippen LogP contribution in [0, 0.1) is 0 Å². The van der Waals surface area contributed by atoms with Gasteiger partial charge in [-0.15, -0.1) is 0 Å². The van der Waals surface area contributed by atoms with Crippen molar-refractivity contribution in [3.8, 4) is 0 Å². The first-order valence-corrected chi connectivity index (χ1v) is 5.11. The molecule has 1 N–H and O–H groups in total. The maximum absolute atomic E-state index is 11.3. The van der Waals surface area contributed by atoms with Crippen molar-refractivity contribution in [2.75, 3.05) is 7.05 Å². The van der Waals surface area contributed by atoms with Crippen LogP contribution in [0.2, 0.25) is 0 Å². The Balaban J connectivity index is 2.97. The lowest BCUT2D eigenvalue weighted by Gasteiger charge is -2.02. The topological polar surface area (TPSA) is 46.2 Å². The number of hydrogen-bond donors (Lipinski definition) is 1. The SMILES string of the molecule is CNS(=O)(=O)C1=CC=CC=CC1. The van der Waals surface area contributed by atoms with Gasteiger partial charge in [0.1, 0.15) is 0 Å². The van der Waals surface area contributed by atoms with E-state index >= 15 is 0 Å². The van der Waals surface area contributed by atoms with Crippen molar-refractivity contribution in [1.82, 2.24) is 4.72 Å². The highest BCUT2D eigenvalue weighted by Gasteiger charge is 2.12. The molecular weight excluding hydrogens is 174 g/mol. The van der Waals surface area contributed by atoms with Gasteiger partial charge in [-0.25, -0.2) is 13.1 Å². The van der Waals surface area contributed by atoms with Gasteiger partial charge in [-0.05, 0) is 13.1 Å². The molecule has 0 spiro atoms. The second-order valence-electron chi connectivity index (χ2n) is 2.36. The molecule has 0 heterocycles. The zero-order valence-electron chi connectivity index (χ0n) is 6.82. The van der Waals surface area contributed by atoms with Crippen molar-refractivity contribution in [3.05, 3.63) is 35.3 Å². The summed E-state index contributed by atoms with van der Waals surface area (Å²) in [6, 6.07) is 0. The number of hydrogen-bond acceptors (Lipinski definition) is 2. The molecule has 12 heavy (non-hydrogen) atoms. The van der Waals surface area contributed by atoms with E-state index in [-0.39, 0.29) is 0 Å². The minimum absolute atomic E-state index is 0.398. The van der Waals surface area contributed by atoms with E-state index in [0.717, 1.165) is 0 Å². The van der Waals surface area contributed by atoms with Gasteiger partial charge in [0.2, 0.25) is 10.0 Å². The quantitative estimate of drug-likeness (QED) is 0.695. The Kier molecular flexibility index (Phi) is 2.83. The van der Waals surface area contributed by atoms with Gasteiger partial charge in [0.25, 0.3) is 0 Å². The number of allylic oxidation sites excluding steroid dienone is 6. The summed E-state index contributed by atoms with van der Waals surface area (Å²) in [5, 5.41) is 0. The van der Waals surface area contributed by atoms with E-state index in [1.807, 2.05) is 12.2 Å². The van der Waals surface area contributed by atoms with Crippen LogP contribution in [0.25, 0.3) is 0 Å². The average Bonchev–Trinajstić information content (AvgIpc) is 2.32. The lowest BCUT2D eigenvalue weighted by atomic mass is 10.4. The summed E-state index contributed by atoms with van der Waals surface area (Å²) in [4.78, 5) is 0.398. The third-order valence-electron chi connectivity index (χ3n) is 1.57. The van der Waals surface area contributed by atoms with E-state index in [9.17, 15) is 8.42 Å². The maximum Gasteiger partial charge on any atom is 0.236 e. The van der Waals surface area contributed by atoms with E-state index in [1.54, 1.807) is 18.2 Å². The third-order valence-corrected chi connectivity index (χ3v) is 3.10. The molecule has 0 saturated heterocycles. The normalized spacial score (nSPS) is 17.2. The van der Waals surface area contributed by atoms with Crippen molar-refractivity contribution in [2.24, 2.45) is 0 Å². The fourth-order valence-electron chi connectivity index (χ4n) is 0.888. The van der Waals surface area contributed by atoms with Crippen molar-refractivity contribution >= 4 is 10.0 Å². The lowest BCUT2D eigenvalue weighted by molar-refractivity contribution is 0.593. The molecule has 0 bridgehead atoms. The minimum Gasteiger partial charge on any atom is -0.215 e. The second kappa shape index (κ2) is 3.69. The van der Waals surface area contributed by atoms with Crippen LogP contribution in [-0.4, -0.2) is 15.5 Å². The molecule has 0 aromatic carbocycles. The number of nitrogens with one attached hydrogen (secondary N) is 1. The van der Waals surface area contributed by atoms with Gasteiger partial charge < -0.3 is 0 Å². The van der Waals surface area contributed by atoms with Gasteiger partial charge >= 0.3 is 0 Å². The molecule has 4 heteroatoms. The van der Waals surface area contributed by atoms with Crippen molar-refractivity contribution in [2.45, 2.75) is 6.42 Å². The summed E-state index contributed by atoms with van der Waals surface area (Å²) in [5.74, 6) is 0. The number of rotatable bonds is 2. The highest BCUT2D eigenvalue weighted by atomic mass is 32.2. The molecule has 0 atom stereocenters. The molecule has 0 aromatic heterocycles. The van der Waals surface area contributed by atoms with Crippen LogP contribution >= 0.6 is 0 Å². The maximum atomic E-state index is 11.3. The third kappa shape index (κ3) is 2.06. The molecule has 0 amide bonds. The zero-order chi connectivity index (χ0) is 9.03. The van der Waals surface area contributed by atoms with Crippen molar-refractivity contribution < 1.29 is 8.42 Å². The highest BCUT2D eigenvalue weighted by Crippen LogP contribution is 2.12. The van der Waals surface area contributed by atoms with Crippen LogP contribution < -0.4 is 4.72 Å². The van der Waals surface area contributed by atoms with Crippen LogP contribution in [0.5, 0.6) is 0 Å². The monoisotopic (exact) mass is 185 g/mol. The molecule has 1 aliphatic carbocycles. The Labute approximate surface area is 72.5 Å². The first kappa shape index (κ1) is 9.22. The van der Waals surface area contributed by atoms with Gasteiger partial charge in [0.15, 0.2) is 0 Å². The van der Waals surface area contributed by atoms with Gasteiger partial charge in [0.05, 0.1) is 4.91 Å². The van der Waals surface area contributed by atoms with Gasteiger partial charge in [-0.1, -0.05) is 24.3 Å². The molecule has 0 aromatic rings. The first-order valence-electron chi connectivity index (χ1n) is 3.63.